The van der Waals surface area contributed by atoms with E-state index in [0.717, 1.165) is 0 Å². The summed E-state index contributed by atoms with van der Waals surface area (Å²) in [7, 11) is 0. The second kappa shape index (κ2) is 4.89. The normalized spacial score (nSPS) is 24.6. The third-order valence-corrected chi connectivity index (χ3v) is 2.17. The summed E-state index contributed by atoms with van der Waals surface area (Å²) in [5.74, 6) is -0.552. The van der Waals surface area contributed by atoms with Gasteiger partial charge in [-0.15, -0.1) is 0 Å². The van der Waals surface area contributed by atoms with Gasteiger partial charge in [-0.25, -0.2) is 9.18 Å². The van der Waals surface area contributed by atoms with Gasteiger partial charge < -0.3 is 14.4 Å². The number of carbonyl (C=O) groups excluding carboxylic acids is 2. The predicted octanol–water partition coefficient (Wildman–Crippen LogP) is 1.51. The third kappa shape index (κ3) is 4.20. The van der Waals surface area contributed by atoms with Gasteiger partial charge in [-0.3, -0.25) is 4.79 Å². The van der Waals surface area contributed by atoms with Crippen molar-refractivity contribution in [2.24, 2.45) is 0 Å². The van der Waals surface area contributed by atoms with Crippen LogP contribution >= 0.6 is 0 Å². The standard InChI is InChI=1S/C11H18FNO4/c1-7(14)16-9-6-13(5-8(9)12)10(15)17-11(2,3)4/h8-9H,5-6H2,1-4H3/t8-,9+/m1/s1. The first kappa shape index (κ1) is 13.7. The topological polar surface area (TPSA) is 55.8 Å². The number of esters is 1. The maximum absolute atomic E-state index is 13.5. The molecule has 0 aromatic heterocycles. The van der Waals surface area contributed by atoms with Crippen LogP contribution in [0.5, 0.6) is 0 Å². The Balaban J connectivity index is 2.53. The zero-order valence-electron chi connectivity index (χ0n) is 10.5. The van der Waals surface area contributed by atoms with Crippen LogP contribution in [0.1, 0.15) is 27.7 Å². The van der Waals surface area contributed by atoms with Crippen molar-refractivity contribution in [3.05, 3.63) is 0 Å². The van der Waals surface area contributed by atoms with Gasteiger partial charge in [-0.1, -0.05) is 0 Å². The summed E-state index contributed by atoms with van der Waals surface area (Å²) in [6.07, 6.45) is -2.83. The molecule has 0 aliphatic carbocycles. The number of alkyl halides is 1. The fourth-order valence-corrected chi connectivity index (χ4v) is 1.53. The largest absolute Gasteiger partial charge is 0.457 e. The molecule has 1 amide bonds. The molecular weight excluding hydrogens is 229 g/mol. The Kier molecular flexibility index (Phi) is 3.95. The van der Waals surface area contributed by atoms with Crippen LogP contribution in [0.2, 0.25) is 0 Å². The molecule has 0 unspecified atom stereocenters. The van der Waals surface area contributed by atoms with E-state index in [1.165, 1.54) is 11.8 Å². The number of amides is 1. The van der Waals surface area contributed by atoms with Crippen LogP contribution in [0.4, 0.5) is 9.18 Å². The molecule has 2 atom stereocenters. The minimum atomic E-state index is -1.36. The lowest BCUT2D eigenvalue weighted by Crippen LogP contribution is -2.36. The highest BCUT2D eigenvalue weighted by atomic mass is 19.1. The first-order chi connectivity index (χ1) is 7.69. The summed E-state index contributed by atoms with van der Waals surface area (Å²) in [6.45, 7) is 6.34. The number of nitrogens with zero attached hydrogens (tertiary/aromatic N) is 1. The van der Waals surface area contributed by atoms with Gasteiger partial charge in [0, 0.05) is 6.92 Å². The Labute approximate surface area is 99.9 Å². The van der Waals surface area contributed by atoms with Gasteiger partial charge in [0.2, 0.25) is 0 Å². The lowest BCUT2D eigenvalue weighted by atomic mass is 10.2. The van der Waals surface area contributed by atoms with Crippen molar-refractivity contribution < 1.29 is 23.5 Å². The number of carbonyl (C=O) groups is 2. The van der Waals surface area contributed by atoms with Crippen molar-refractivity contribution in [2.75, 3.05) is 13.1 Å². The summed E-state index contributed by atoms with van der Waals surface area (Å²) in [5, 5.41) is 0. The van der Waals surface area contributed by atoms with Crippen molar-refractivity contribution in [2.45, 2.75) is 45.6 Å². The lowest BCUT2D eigenvalue weighted by molar-refractivity contribution is -0.147. The quantitative estimate of drug-likeness (QED) is 0.659. The van der Waals surface area contributed by atoms with Gasteiger partial charge in [0.25, 0.3) is 0 Å². The van der Waals surface area contributed by atoms with Gasteiger partial charge in [-0.05, 0) is 20.8 Å². The summed E-state index contributed by atoms with van der Waals surface area (Å²) >= 11 is 0. The summed E-state index contributed by atoms with van der Waals surface area (Å²) in [5.41, 5.74) is -0.623. The van der Waals surface area contributed by atoms with E-state index in [1.54, 1.807) is 20.8 Å². The van der Waals surface area contributed by atoms with Crippen LogP contribution in [0.3, 0.4) is 0 Å². The Morgan fingerprint density at radius 2 is 1.88 bits per heavy atom. The van der Waals surface area contributed by atoms with Gasteiger partial charge in [0.05, 0.1) is 13.1 Å². The zero-order valence-corrected chi connectivity index (χ0v) is 10.5. The molecule has 1 fully saturated rings. The zero-order chi connectivity index (χ0) is 13.2. The van der Waals surface area contributed by atoms with E-state index in [2.05, 4.69) is 0 Å². The second-order valence-electron chi connectivity index (χ2n) is 5.05. The van der Waals surface area contributed by atoms with Crippen molar-refractivity contribution in [3.63, 3.8) is 0 Å². The van der Waals surface area contributed by atoms with Crippen LogP contribution in [-0.4, -0.2) is 47.9 Å². The molecular formula is C11H18FNO4. The number of halogens is 1. The first-order valence-electron chi connectivity index (χ1n) is 5.48. The molecule has 98 valence electrons. The molecule has 1 saturated heterocycles. The SMILES string of the molecule is CC(=O)O[C@H]1CN(C(=O)OC(C)(C)C)C[C@H]1F. The van der Waals surface area contributed by atoms with Crippen LogP contribution in [0, 0.1) is 0 Å². The molecule has 5 nitrogen and oxygen atoms in total. The van der Waals surface area contributed by atoms with Crippen LogP contribution in [-0.2, 0) is 14.3 Å². The minimum Gasteiger partial charge on any atom is -0.457 e. The molecule has 0 saturated carbocycles. The van der Waals surface area contributed by atoms with E-state index < -0.39 is 29.9 Å². The van der Waals surface area contributed by atoms with E-state index >= 15 is 0 Å². The van der Waals surface area contributed by atoms with E-state index in [-0.39, 0.29) is 13.1 Å². The number of hydrogen-bond donors (Lipinski definition) is 0. The van der Waals surface area contributed by atoms with E-state index in [9.17, 15) is 14.0 Å². The van der Waals surface area contributed by atoms with E-state index in [0.29, 0.717) is 0 Å². The summed E-state index contributed by atoms with van der Waals surface area (Å²) in [4.78, 5) is 23.6. The molecule has 0 aromatic carbocycles. The Morgan fingerprint density at radius 1 is 1.29 bits per heavy atom. The molecule has 1 aliphatic heterocycles. The number of ether oxygens (including phenoxy) is 2. The van der Waals surface area contributed by atoms with Gasteiger partial charge in [0.15, 0.2) is 12.3 Å². The fraction of sp³-hybridized carbons (Fsp3) is 0.818. The van der Waals surface area contributed by atoms with Crippen molar-refractivity contribution in [1.82, 2.24) is 4.90 Å². The number of rotatable bonds is 1. The number of hydrogen-bond acceptors (Lipinski definition) is 4. The monoisotopic (exact) mass is 247 g/mol. The average molecular weight is 247 g/mol. The fourth-order valence-electron chi connectivity index (χ4n) is 1.53. The minimum absolute atomic E-state index is 0.0374. The molecule has 0 radical (unpaired) electrons. The highest BCUT2D eigenvalue weighted by Crippen LogP contribution is 2.19. The smallest absolute Gasteiger partial charge is 0.410 e. The Hall–Kier alpha value is -1.33. The molecule has 6 heteroatoms. The molecule has 0 bridgehead atoms. The van der Waals surface area contributed by atoms with Crippen molar-refractivity contribution >= 4 is 12.1 Å². The average Bonchev–Trinajstić information content (AvgIpc) is 2.44. The van der Waals surface area contributed by atoms with Gasteiger partial charge >= 0.3 is 12.1 Å². The third-order valence-electron chi connectivity index (χ3n) is 2.17. The molecule has 1 rings (SSSR count). The van der Waals surface area contributed by atoms with Crippen molar-refractivity contribution in [3.8, 4) is 0 Å². The van der Waals surface area contributed by atoms with E-state index in [4.69, 9.17) is 9.47 Å². The Bertz CT molecular complexity index is 313. The maximum atomic E-state index is 13.5. The van der Waals surface area contributed by atoms with Gasteiger partial charge in [0.1, 0.15) is 5.60 Å². The van der Waals surface area contributed by atoms with Crippen LogP contribution in [0.25, 0.3) is 0 Å². The molecule has 1 heterocycles. The van der Waals surface area contributed by atoms with Gasteiger partial charge in [-0.2, -0.15) is 0 Å². The van der Waals surface area contributed by atoms with Crippen LogP contribution in [0.15, 0.2) is 0 Å². The molecule has 0 aromatic rings. The highest BCUT2D eigenvalue weighted by molar-refractivity contribution is 5.69. The lowest BCUT2D eigenvalue weighted by Gasteiger charge is -2.24. The summed E-state index contributed by atoms with van der Waals surface area (Å²) in [6, 6.07) is 0. The van der Waals surface area contributed by atoms with Crippen LogP contribution < -0.4 is 0 Å². The second-order valence-corrected chi connectivity index (χ2v) is 5.05. The Morgan fingerprint density at radius 3 is 2.35 bits per heavy atom. The highest BCUT2D eigenvalue weighted by Gasteiger charge is 2.39. The maximum Gasteiger partial charge on any atom is 0.410 e. The molecule has 1 aliphatic rings. The van der Waals surface area contributed by atoms with Crippen molar-refractivity contribution in [1.29, 1.82) is 0 Å². The molecule has 17 heavy (non-hydrogen) atoms. The number of likely N-dealkylation sites (tertiary alicyclic amines) is 1. The first-order valence-corrected chi connectivity index (χ1v) is 5.48. The molecule has 0 spiro atoms. The molecule has 0 N–H and O–H groups in total. The summed E-state index contributed by atoms with van der Waals surface area (Å²) < 4.78 is 23.3. The predicted molar refractivity (Wildman–Crippen MR) is 58.3 cm³/mol. The van der Waals surface area contributed by atoms with E-state index in [1.807, 2.05) is 0 Å².